The van der Waals surface area contributed by atoms with Crippen LogP contribution >= 0.6 is 0 Å². The maximum atomic E-state index is 4.60. The molecule has 3 rings (SSSR count). The van der Waals surface area contributed by atoms with Crippen LogP contribution in [0.5, 0.6) is 0 Å². The first kappa shape index (κ1) is 15.3. The molecule has 0 bridgehead atoms. The predicted molar refractivity (Wildman–Crippen MR) is 99.3 cm³/mol. The van der Waals surface area contributed by atoms with E-state index in [0.717, 1.165) is 24.2 Å². The summed E-state index contributed by atoms with van der Waals surface area (Å²) in [5, 5.41) is 3.40. The van der Waals surface area contributed by atoms with Gasteiger partial charge in [-0.15, -0.1) is 0 Å². The first-order valence-electron chi connectivity index (χ1n) is 8.13. The van der Waals surface area contributed by atoms with Crippen LogP contribution in [0.2, 0.25) is 0 Å². The van der Waals surface area contributed by atoms with Gasteiger partial charge in [-0.1, -0.05) is 36.4 Å². The summed E-state index contributed by atoms with van der Waals surface area (Å²) in [7, 11) is 0. The third-order valence-electron chi connectivity index (χ3n) is 4.17. The van der Waals surface area contributed by atoms with Crippen LogP contribution < -0.4 is 5.32 Å². The van der Waals surface area contributed by atoms with Crippen molar-refractivity contribution in [3.05, 3.63) is 83.6 Å². The molecule has 0 saturated heterocycles. The fourth-order valence-electron chi connectivity index (χ4n) is 2.76. The number of anilines is 1. The smallest absolute Gasteiger partial charge is 0.0629 e. The monoisotopic (exact) mass is 302 g/mol. The lowest BCUT2D eigenvalue weighted by Crippen LogP contribution is -2.04. The van der Waals surface area contributed by atoms with E-state index in [1.54, 1.807) is 0 Å². The van der Waals surface area contributed by atoms with Crippen molar-refractivity contribution in [1.29, 1.82) is 0 Å². The summed E-state index contributed by atoms with van der Waals surface area (Å²) in [5.74, 6) is 0. The van der Waals surface area contributed by atoms with Gasteiger partial charge in [0.05, 0.1) is 5.69 Å². The average Bonchev–Trinajstić information content (AvgIpc) is 2.61. The molecule has 0 atom stereocenters. The number of hydrogen-bond acceptors (Lipinski definition) is 2. The zero-order chi connectivity index (χ0) is 15.9. The Kier molecular flexibility index (Phi) is 5.05. The summed E-state index contributed by atoms with van der Waals surface area (Å²) in [6.45, 7) is 2.20. The predicted octanol–water partition coefficient (Wildman–Crippen LogP) is 5.89. The lowest BCUT2D eigenvalue weighted by molar-refractivity contribution is 0.785. The molecule has 0 radical (unpaired) electrons. The Bertz CT molecular complexity index is 725. The molecule has 0 amide bonds. The molecule has 23 heavy (non-hydrogen) atoms. The third kappa shape index (κ3) is 4.19. The minimum Gasteiger partial charge on any atom is -0.361 e. The number of allylic oxidation sites excluding steroid dienone is 3. The second-order valence-corrected chi connectivity index (χ2v) is 5.78. The van der Waals surface area contributed by atoms with Gasteiger partial charge in [-0.05, 0) is 67.2 Å². The van der Waals surface area contributed by atoms with E-state index in [-0.39, 0.29) is 0 Å². The van der Waals surface area contributed by atoms with E-state index in [4.69, 9.17) is 0 Å². The van der Waals surface area contributed by atoms with E-state index in [9.17, 15) is 0 Å². The third-order valence-corrected chi connectivity index (χ3v) is 4.17. The molecule has 0 fully saturated rings. The number of benzene rings is 2. The molecule has 0 unspecified atom stereocenters. The average molecular weight is 302 g/mol. The Morgan fingerprint density at radius 3 is 2.35 bits per heavy atom. The molecule has 1 N–H and O–H groups in total. The molecule has 2 aromatic rings. The number of rotatable bonds is 4. The van der Waals surface area contributed by atoms with Crippen molar-refractivity contribution < 1.29 is 0 Å². The summed E-state index contributed by atoms with van der Waals surface area (Å²) in [6.07, 6.45) is 7.56. The van der Waals surface area contributed by atoms with Gasteiger partial charge in [0.25, 0.3) is 0 Å². The van der Waals surface area contributed by atoms with Crippen molar-refractivity contribution in [1.82, 2.24) is 0 Å². The van der Waals surface area contributed by atoms with Gasteiger partial charge in [0.1, 0.15) is 0 Å². The number of nitrogens with one attached hydrogen (secondary N) is 1. The summed E-state index contributed by atoms with van der Waals surface area (Å²) in [6, 6.07) is 20.4. The van der Waals surface area contributed by atoms with Crippen molar-refractivity contribution in [2.75, 3.05) is 5.32 Å². The first-order valence-corrected chi connectivity index (χ1v) is 8.13. The highest BCUT2D eigenvalue weighted by Crippen LogP contribution is 2.29. The molecular weight excluding hydrogens is 280 g/mol. The van der Waals surface area contributed by atoms with Crippen molar-refractivity contribution in [2.24, 2.45) is 4.99 Å². The van der Waals surface area contributed by atoms with Crippen LogP contribution in [0.3, 0.4) is 0 Å². The summed E-state index contributed by atoms with van der Waals surface area (Å²) in [4.78, 5) is 4.60. The quantitative estimate of drug-likeness (QED) is 0.700. The van der Waals surface area contributed by atoms with Crippen LogP contribution in [0, 0.1) is 0 Å². The van der Waals surface area contributed by atoms with Gasteiger partial charge in [-0.3, -0.25) is 4.99 Å². The Hall–Kier alpha value is -2.61. The van der Waals surface area contributed by atoms with Crippen molar-refractivity contribution in [3.63, 3.8) is 0 Å². The molecule has 2 nitrogen and oxygen atoms in total. The Morgan fingerprint density at radius 1 is 0.913 bits per heavy atom. The van der Waals surface area contributed by atoms with Gasteiger partial charge in [-0.2, -0.15) is 0 Å². The zero-order valence-electron chi connectivity index (χ0n) is 13.5. The number of nitrogens with zero attached hydrogens (tertiary/aromatic N) is 1. The molecule has 0 heterocycles. The van der Waals surface area contributed by atoms with Crippen LogP contribution in [0.4, 0.5) is 11.4 Å². The maximum Gasteiger partial charge on any atom is 0.0629 e. The minimum absolute atomic E-state index is 1.01. The van der Waals surface area contributed by atoms with E-state index in [1.807, 2.05) is 54.7 Å². The van der Waals surface area contributed by atoms with Gasteiger partial charge >= 0.3 is 0 Å². The molecule has 0 aromatic heterocycles. The van der Waals surface area contributed by atoms with E-state index >= 15 is 0 Å². The van der Waals surface area contributed by atoms with Gasteiger partial charge in [0.15, 0.2) is 0 Å². The lowest BCUT2D eigenvalue weighted by Gasteiger charge is -2.18. The maximum absolute atomic E-state index is 4.60. The summed E-state index contributed by atoms with van der Waals surface area (Å²) < 4.78 is 0. The number of hydrogen-bond donors (Lipinski definition) is 1. The fourth-order valence-corrected chi connectivity index (χ4v) is 2.76. The van der Waals surface area contributed by atoms with Crippen LogP contribution in [-0.4, -0.2) is 6.21 Å². The summed E-state index contributed by atoms with van der Waals surface area (Å²) in [5.41, 5.74) is 6.18. The van der Waals surface area contributed by atoms with Gasteiger partial charge < -0.3 is 5.32 Å². The van der Waals surface area contributed by atoms with Crippen molar-refractivity contribution in [3.8, 4) is 0 Å². The summed E-state index contributed by atoms with van der Waals surface area (Å²) >= 11 is 0. The molecular formula is C21H22N2. The zero-order valence-corrected chi connectivity index (χ0v) is 13.5. The molecule has 0 spiro atoms. The lowest BCUT2D eigenvalue weighted by atomic mass is 9.89. The second-order valence-electron chi connectivity index (χ2n) is 5.78. The molecule has 2 heteroatoms. The van der Waals surface area contributed by atoms with Crippen LogP contribution in [0.15, 0.2) is 88.6 Å². The Balaban J connectivity index is 1.76. The van der Waals surface area contributed by atoms with Gasteiger partial charge in [-0.25, -0.2) is 0 Å². The number of aliphatic imine (C=N–C) groups is 1. The van der Waals surface area contributed by atoms with Crippen molar-refractivity contribution >= 4 is 17.6 Å². The largest absolute Gasteiger partial charge is 0.361 e. The Morgan fingerprint density at radius 2 is 1.61 bits per heavy atom. The molecule has 1 aliphatic rings. The number of para-hydroxylation sites is 2. The highest BCUT2D eigenvalue weighted by Gasteiger charge is 2.12. The van der Waals surface area contributed by atoms with E-state index in [2.05, 4.69) is 35.6 Å². The molecule has 1 aliphatic carbocycles. The highest BCUT2D eigenvalue weighted by molar-refractivity contribution is 5.83. The highest BCUT2D eigenvalue weighted by atomic mass is 14.8. The Labute approximate surface area is 138 Å². The second kappa shape index (κ2) is 7.59. The standard InChI is InChI=1S/C21H22N2/c1-17-18(15-22-20-11-4-2-5-12-20)9-8-10-19(17)16-23-21-13-6-3-7-14-21/h2-7,11-16,22H,8-10H2,1H3. The van der Waals surface area contributed by atoms with Crippen LogP contribution in [0.1, 0.15) is 26.2 Å². The molecule has 0 aliphatic heterocycles. The first-order chi connectivity index (χ1) is 11.3. The topological polar surface area (TPSA) is 24.4 Å². The van der Waals surface area contributed by atoms with E-state index in [1.165, 1.54) is 23.1 Å². The molecule has 116 valence electrons. The molecule has 2 aromatic carbocycles. The van der Waals surface area contributed by atoms with Crippen molar-refractivity contribution in [2.45, 2.75) is 26.2 Å². The van der Waals surface area contributed by atoms with Crippen LogP contribution in [-0.2, 0) is 0 Å². The minimum atomic E-state index is 1.01. The van der Waals surface area contributed by atoms with E-state index < -0.39 is 0 Å². The normalized spacial score (nSPS) is 17.0. The van der Waals surface area contributed by atoms with E-state index in [0.29, 0.717) is 0 Å². The fraction of sp³-hybridized carbons (Fsp3) is 0.190. The SMILES string of the molecule is CC1=C(C=Nc2ccccc2)CCCC1=CNc1ccccc1. The van der Waals surface area contributed by atoms with Gasteiger partial charge in [0.2, 0.25) is 0 Å². The van der Waals surface area contributed by atoms with Gasteiger partial charge in [0, 0.05) is 18.1 Å². The van der Waals surface area contributed by atoms with Crippen LogP contribution in [0.25, 0.3) is 0 Å². The molecule has 0 saturated carbocycles.